The molecule has 0 radical (unpaired) electrons. The standard InChI is InChI=1S/C20H25N3O5/c1-11(28-19(25)15-2-3-16(21)17(7-15)23(26)27)18(24)22-20-8-12-4-13(9-20)6-14(5-12)10-20/h2-3,7,11-14H,4-6,8-10,21H2,1H3,(H,22,24)/t11-,12?,13?,14?,20?/m0/s1. The van der Waals surface area contributed by atoms with Crippen LogP contribution in [0.5, 0.6) is 0 Å². The van der Waals surface area contributed by atoms with Gasteiger partial charge in [-0.15, -0.1) is 0 Å². The predicted octanol–water partition coefficient (Wildman–Crippen LogP) is 2.81. The summed E-state index contributed by atoms with van der Waals surface area (Å²) in [6.07, 6.45) is 5.87. The molecule has 0 heterocycles. The number of hydrogen-bond donors (Lipinski definition) is 2. The lowest BCUT2D eigenvalue weighted by atomic mass is 9.53. The molecule has 4 aliphatic carbocycles. The van der Waals surface area contributed by atoms with Crippen LogP contribution >= 0.6 is 0 Å². The molecule has 28 heavy (non-hydrogen) atoms. The number of nitrogens with two attached hydrogens (primary N) is 1. The fourth-order valence-corrected chi connectivity index (χ4v) is 5.74. The molecule has 3 N–H and O–H groups in total. The van der Waals surface area contributed by atoms with Gasteiger partial charge in [0.15, 0.2) is 6.10 Å². The molecule has 4 saturated carbocycles. The van der Waals surface area contributed by atoms with E-state index in [4.69, 9.17) is 10.5 Å². The van der Waals surface area contributed by atoms with E-state index < -0.39 is 17.0 Å². The van der Waals surface area contributed by atoms with E-state index in [1.54, 1.807) is 0 Å². The van der Waals surface area contributed by atoms with Crippen LogP contribution in [0.1, 0.15) is 55.8 Å². The highest BCUT2D eigenvalue weighted by Crippen LogP contribution is 2.55. The summed E-state index contributed by atoms with van der Waals surface area (Å²) < 4.78 is 5.27. The summed E-state index contributed by atoms with van der Waals surface area (Å²) in [6, 6.07) is 3.71. The minimum atomic E-state index is -0.975. The number of nitrogen functional groups attached to an aromatic ring is 1. The average Bonchev–Trinajstić information content (AvgIpc) is 2.60. The third-order valence-electron chi connectivity index (χ3n) is 6.54. The van der Waals surface area contributed by atoms with Crippen LogP contribution in [-0.4, -0.2) is 28.4 Å². The van der Waals surface area contributed by atoms with E-state index >= 15 is 0 Å². The monoisotopic (exact) mass is 387 g/mol. The van der Waals surface area contributed by atoms with Gasteiger partial charge >= 0.3 is 5.97 Å². The van der Waals surface area contributed by atoms with Crippen LogP contribution in [0.2, 0.25) is 0 Å². The minimum absolute atomic E-state index is 0.00430. The van der Waals surface area contributed by atoms with Crippen molar-refractivity contribution in [2.45, 2.75) is 57.1 Å². The Morgan fingerprint density at radius 2 is 1.79 bits per heavy atom. The number of anilines is 1. The van der Waals surface area contributed by atoms with Crippen LogP contribution < -0.4 is 11.1 Å². The van der Waals surface area contributed by atoms with E-state index in [9.17, 15) is 19.7 Å². The van der Waals surface area contributed by atoms with Gasteiger partial charge in [0, 0.05) is 11.6 Å². The van der Waals surface area contributed by atoms with Gasteiger partial charge in [-0.3, -0.25) is 14.9 Å². The summed E-state index contributed by atoms with van der Waals surface area (Å²) >= 11 is 0. The molecule has 0 spiro atoms. The molecule has 1 amide bonds. The van der Waals surface area contributed by atoms with Crippen molar-refractivity contribution in [2.75, 3.05) is 5.73 Å². The Morgan fingerprint density at radius 1 is 1.21 bits per heavy atom. The molecule has 8 heteroatoms. The number of amides is 1. The molecule has 4 aliphatic rings. The lowest BCUT2D eigenvalue weighted by Gasteiger charge is -2.57. The van der Waals surface area contributed by atoms with Crippen LogP contribution in [0.15, 0.2) is 18.2 Å². The first kappa shape index (κ1) is 18.7. The summed E-state index contributed by atoms with van der Waals surface area (Å²) in [5, 5.41) is 14.2. The molecule has 0 aliphatic heterocycles. The second kappa shape index (κ2) is 6.76. The number of benzene rings is 1. The normalized spacial score (nSPS) is 31.2. The Balaban J connectivity index is 1.40. The molecule has 150 valence electrons. The van der Waals surface area contributed by atoms with E-state index in [1.165, 1.54) is 38.3 Å². The summed E-state index contributed by atoms with van der Waals surface area (Å²) in [4.78, 5) is 35.4. The van der Waals surface area contributed by atoms with Crippen LogP contribution in [0.25, 0.3) is 0 Å². The quantitative estimate of drug-likeness (QED) is 0.346. The number of nitrogens with zero attached hydrogens (tertiary/aromatic N) is 1. The molecular formula is C20H25N3O5. The van der Waals surface area contributed by atoms with E-state index in [0.29, 0.717) is 17.8 Å². The number of carbonyl (C=O) groups excluding carboxylic acids is 2. The fraction of sp³-hybridized carbons (Fsp3) is 0.600. The van der Waals surface area contributed by atoms with Crippen LogP contribution in [0, 0.1) is 27.9 Å². The van der Waals surface area contributed by atoms with Crippen molar-refractivity contribution < 1.29 is 19.2 Å². The Labute approximate surface area is 163 Å². The molecule has 8 nitrogen and oxygen atoms in total. The third-order valence-corrected chi connectivity index (χ3v) is 6.54. The van der Waals surface area contributed by atoms with Gasteiger partial charge in [0.1, 0.15) is 5.69 Å². The number of nitro groups is 1. The van der Waals surface area contributed by atoms with Gasteiger partial charge in [-0.25, -0.2) is 4.79 Å². The summed E-state index contributed by atoms with van der Waals surface area (Å²) in [7, 11) is 0. The Morgan fingerprint density at radius 3 is 2.32 bits per heavy atom. The molecule has 4 fully saturated rings. The molecular weight excluding hydrogens is 362 g/mol. The van der Waals surface area contributed by atoms with Gasteiger partial charge < -0.3 is 15.8 Å². The number of nitro benzene ring substituents is 1. The highest BCUT2D eigenvalue weighted by atomic mass is 16.6. The molecule has 4 bridgehead atoms. The number of ether oxygens (including phenoxy) is 1. The van der Waals surface area contributed by atoms with Crippen molar-refractivity contribution in [3.05, 3.63) is 33.9 Å². The highest BCUT2D eigenvalue weighted by Gasteiger charge is 2.51. The van der Waals surface area contributed by atoms with Crippen LogP contribution in [-0.2, 0) is 9.53 Å². The Hall–Kier alpha value is -2.64. The lowest BCUT2D eigenvalue weighted by molar-refractivity contribution is -0.383. The lowest BCUT2D eigenvalue weighted by Crippen LogP contribution is -2.61. The smallest absolute Gasteiger partial charge is 0.339 e. The van der Waals surface area contributed by atoms with Gasteiger partial charge in [-0.1, -0.05) is 0 Å². The highest BCUT2D eigenvalue weighted by molar-refractivity contribution is 5.93. The van der Waals surface area contributed by atoms with E-state index in [0.717, 1.165) is 25.3 Å². The fourth-order valence-electron chi connectivity index (χ4n) is 5.74. The Bertz CT molecular complexity index is 802. The molecule has 0 aromatic heterocycles. The van der Waals surface area contributed by atoms with Gasteiger partial charge in [0.05, 0.1) is 10.5 Å². The van der Waals surface area contributed by atoms with Crippen molar-refractivity contribution in [2.24, 2.45) is 17.8 Å². The summed E-state index contributed by atoms with van der Waals surface area (Å²) in [5.41, 5.74) is 4.99. The Kier molecular flexibility index (Phi) is 4.51. The van der Waals surface area contributed by atoms with Gasteiger partial charge in [-0.05, 0) is 75.3 Å². The summed E-state index contributed by atoms with van der Waals surface area (Å²) in [6.45, 7) is 1.53. The first-order valence-corrected chi connectivity index (χ1v) is 9.81. The molecule has 1 aromatic rings. The van der Waals surface area contributed by atoms with E-state index in [2.05, 4.69) is 5.32 Å². The van der Waals surface area contributed by atoms with Crippen molar-refractivity contribution in [3.8, 4) is 0 Å². The number of carbonyl (C=O) groups is 2. The largest absolute Gasteiger partial charge is 0.449 e. The summed E-state index contributed by atoms with van der Waals surface area (Å²) in [5.74, 6) is 0.996. The van der Waals surface area contributed by atoms with E-state index in [1.807, 2.05) is 0 Å². The zero-order chi connectivity index (χ0) is 20.1. The third kappa shape index (κ3) is 3.43. The first-order valence-electron chi connectivity index (χ1n) is 9.81. The minimum Gasteiger partial charge on any atom is -0.449 e. The second-order valence-corrected chi connectivity index (χ2v) is 8.77. The molecule has 0 saturated heterocycles. The van der Waals surface area contributed by atoms with Crippen molar-refractivity contribution in [1.29, 1.82) is 0 Å². The van der Waals surface area contributed by atoms with Crippen LogP contribution in [0.3, 0.4) is 0 Å². The first-order chi connectivity index (χ1) is 13.2. The zero-order valence-corrected chi connectivity index (χ0v) is 15.8. The van der Waals surface area contributed by atoms with Crippen LogP contribution in [0.4, 0.5) is 11.4 Å². The SMILES string of the molecule is C[C@H](OC(=O)c1ccc(N)c([N+](=O)[O-])c1)C(=O)NC12CC3CC(CC(C3)C1)C2. The number of hydrogen-bond acceptors (Lipinski definition) is 6. The average molecular weight is 387 g/mol. The zero-order valence-electron chi connectivity index (χ0n) is 15.8. The van der Waals surface area contributed by atoms with Gasteiger partial charge in [-0.2, -0.15) is 0 Å². The maximum absolute atomic E-state index is 12.7. The predicted molar refractivity (Wildman–Crippen MR) is 101 cm³/mol. The molecule has 5 rings (SSSR count). The van der Waals surface area contributed by atoms with E-state index in [-0.39, 0.29) is 28.4 Å². The molecule has 1 atom stereocenters. The van der Waals surface area contributed by atoms with Crippen molar-refractivity contribution >= 4 is 23.3 Å². The second-order valence-electron chi connectivity index (χ2n) is 8.77. The molecule has 1 aromatic carbocycles. The van der Waals surface area contributed by atoms with Gasteiger partial charge in [0.25, 0.3) is 11.6 Å². The topological polar surface area (TPSA) is 125 Å². The van der Waals surface area contributed by atoms with Gasteiger partial charge in [0.2, 0.25) is 0 Å². The number of rotatable bonds is 5. The maximum atomic E-state index is 12.7. The number of nitrogens with one attached hydrogen (secondary N) is 1. The van der Waals surface area contributed by atoms with Crippen molar-refractivity contribution in [3.63, 3.8) is 0 Å². The molecule has 0 unspecified atom stereocenters. The maximum Gasteiger partial charge on any atom is 0.339 e. The number of esters is 1. The van der Waals surface area contributed by atoms with Crippen molar-refractivity contribution in [1.82, 2.24) is 5.32 Å².